The van der Waals surface area contributed by atoms with Gasteiger partial charge in [0.2, 0.25) is 5.91 Å². The summed E-state index contributed by atoms with van der Waals surface area (Å²) in [5, 5.41) is 1.96. The van der Waals surface area contributed by atoms with Crippen LogP contribution in [0.4, 0.5) is 5.69 Å². The summed E-state index contributed by atoms with van der Waals surface area (Å²) >= 11 is 1.54. The van der Waals surface area contributed by atoms with Crippen LogP contribution in [0.5, 0.6) is 0 Å². The number of anilines is 1. The lowest BCUT2D eigenvalue weighted by Gasteiger charge is -2.23. The molecular weight excluding hydrogens is 372 g/mol. The SMILES string of the molecule is CCN(C(=O)Cn1c(C(=O)OC)cc2sccc21)c1cccc(CC(C)C)c1. The number of carbonyl (C=O) groups excluding carboxylic acids is 2. The second kappa shape index (κ2) is 8.61. The lowest BCUT2D eigenvalue weighted by Crippen LogP contribution is -2.34. The number of ether oxygens (including phenoxy) is 1. The molecule has 6 heteroatoms. The number of methoxy groups -OCH3 is 1. The van der Waals surface area contributed by atoms with Crippen molar-refractivity contribution in [1.29, 1.82) is 0 Å². The van der Waals surface area contributed by atoms with Crippen molar-refractivity contribution < 1.29 is 14.3 Å². The molecule has 28 heavy (non-hydrogen) atoms. The highest BCUT2D eigenvalue weighted by molar-refractivity contribution is 7.17. The zero-order chi connectivity index (χ0) is 20.3. The number of aromatic nitrogens is 1. The van der Waals surface area contributed by atoms with E-state index in [-0.39, 0.29) is 12.5 Å². The predicted octanol–water partition coefficient (Wildman–Crippen LogP) is 4.74. The van der Waals surface area contributed by atoms with E-state index in [1.54, 1.807) is 26.9 Å². The summed E-state index contributed by atoms with van der Waals surface area (Å²) in [6, 6.07) is 11.9. The van der Waals surface area contributed by atoms with E-state index in [9.17, 15) is 9.59 Å². The Kier molecular flexibility index (Phi) is 6.19. The van der Waals surface area contributed by atoms with Gasteiger partial charge in [-0.2, -0.15) is 0 Å². The third-order valence-corrected chi connectivity index (χ3v) is 5.55. The number of benzene rings is 1. The van der Waals surface area contributed by atoms with Gasteiger partial charge in [0.15, 0.2) is 0 Å². The van der Waals surface area contributed by atoms with Crippen molar-refractivity contribution in [1.82, 2.24) is 4.57 Å². The van der Waals surface area contributed by atoms with Crippen LogP contribution in [-0.2, 0) is 22.5 Å². The van der Waals surface area contributed by atoms with Crippen LogP contribution in [0, 0.1) is 5.92 Å². The number of esters is 1. The average molecular weight is 399 g/mol. The number of thiophene rings is 1. The fourth-order valence-corrected chi connectivity index (χ4v) is 4.29. The van der Waals surface area contributed by atoms with Crippen molar-refractivity contribution in [2.45, 2.75) is 33.7 Å². The molecule has 0 aliphatic carbocycles. The molecule has 0 fully saturated rings. The summed E-state index contributed by atoms with van der Waals surface area (Å²) in [5.41, 5.74) is 3.39. The Morgan fingerprint density at radius 2 is 2.00 bits per heavy atom. The third-order valence-electron chi connectivity index (χ3n) is 4.69. The number of amides is 1. The van der Waals surface area contributed by atoms with Crippen LogP contribution in [0.3, 0.4) is 0 Å². The fourth-order valence-electron chi connectivity index (χ4n) is 3.47. The first-order valence-corrected chi connectivity index (χ1v) is 10.4. The normalized spacial score (nSPS) is 11.2. The quantitative estimate of drug-likeness (QED) is 0.540. The van der Waals surface area contributed by atoms with Gasteiger partial charge in [-0.05, 0) is 54.5 Å². The lowest BCUT2D eigenvalue weighted by atomic mass is 10.0. The van der Waals surface area contributed by atoms with Gasteiger partial charge in [-0.25, -0.2) is 4.79 Å². The van der Waals surface area contributed by atoms with E-state index in [1.807, 2.05) is 30.5 Å². The first-order chi connectivity index (χ1) is 13.4. The fraction of sp³-hybridized carbons (Fsp3) is 0.364. The molecule has 0 aliphatic rings. The molecule has 0 atom stereocenters. The minimum Gasteiger partial charge on any atom is -0.464 e. The van der Waals surface area contributed by atoms with Gasteiger partial charge >= 0.3 is 5.97 Å². The molecule has 0 bridgehead atoms. The molecule has 2 heterocycles. The largest absolute Gasteiger partial charge is 0.464 e. The molecule has 0 N–H and O–H groups in total. The monoisotopic (exact) mass is 398 g/mol. The Morgan fingerprint density at radius 3 is 2.68 bits per heavy atom. The maximum Gasteiger partial charge on any atom is 0.354 e. The molecule has 5 nitrogen and oxygen atoms in total. The molecule has 3 rings (SSSR count). The molecule has 2 aromatic heterocycles. The summed E-state index contributed by atoms with van der Waals surface area (Å²) in [5.74, 6) is 0.0617. The van der Waals surface area contributed by atoms with E-state index in [1.165, 1.54) is 12.7 Å². The molecular formula is C22H26N2O3S. The zero-order valence-corrected chi connectivity index (χ0v) is 17.6. The van der Waals surface area contributed by atoms with Gasteiger partial charge in [-0.15, -0.1) is 11.3 Å². The van der Waals surface area contributed by atoms with E-state index >= 15 is 0 Å². The molecule has 0 spiro atoms. The summed E-state index contributed by atoms with van der Waals surface area (Å²) < 4.78 is 7.62. The smallest absolute Gasteiger partial charge is 0.354 e. The minimum atomic E-state index is -0.432. The molecule has 0 saturated carbocycles. The van der Waals surface area contributed by atoms with Crippen molar-refractivity contribution in [2.24, 2.45) is 5.92 Å². The predicted molar refractivity (Wildman–Crippen MR) is 114 cm³/mol. The van der Waals surface area contributed by atoms with Gasteiger partial charge in [0.1, 0.15) is 12.2 Å². The molecule has 0 aliphatic heterocycles. The standard InChI is InChI=1S/C22H26N2O3S/c1-5-23(17-8-6-7-16(12-17)11-15(2)3)21(25)14-24-18-9-10-28-20(18)13-19(24)22(26)27-4/h6-10,12-13,15H,5,11,14H2,1-4H3. The van der Waals surface area contributed by atoms with Crippen molar-refractivity contribution in [3.05, 3.63) is 53.0 Å². The van der Waals surface area contributed by atoms with Crippen LogP contribution in [0.2, 0.25) is 0 Å². The highest BCUT2D eigenvalue weighted by Gasteiger charge is 2.22. The number of nitrogens with zero attached hydrogens (tertiary/aromatic N) is 2. The van der Waals surface area contributed by atoms with E-state index in [0.717, 1.165) is 22.3 Å². The molecule has 0 unspecified atom stereocenters. The second-order valence-corrected chi connectivity index (χ2v) is 8.13. The van der Waals surface area contributed by atoms with Crippen LogP contribution in [0.25, 0.3) is 10.2 Å². The van der Waals surface area contributed by atoms with Gasteiger partial charge in [0, 0.05) is 12.2 Å². The van der Waals surface area contributed by atoms with Gasteiger partial charge in [-0.1, -0.05) is 26.0 Å². The molecule has 148 valence electrons. The highest BCUT2D eigenvalue weighted by Crippen LogP contribution is 2.26. The molecule has 3 aromatic rings. The highest BCUT2D eigenvalue weighted by atomic mass is 32.1. The molecule has 1 aromatic carbocycles. The number of hydrogen-bond acceptors (Lipinski definition) is 4. The number of rotatable bonds is 7. The Hall–Kier alpha value is -2.60. The van der Waals surface area contributed by atoms with Gasteiger partial charge in [0.25, 0.3) is 0 Å². The number of fused-ring (bicyclic) bond motifs is 1. The van der Waals surface area contributed by atoms with Crippen LogP contribution in [-0.4, -0.2) is 30.1 Å². The Balaban J connectivity index is 1.90. The van der Waals surface area contributed by atoms with E-state index in [4.69, 9.17) is 4.74 Å². The first kappa shape index (κ1) is 20.1. The van der Waals surface area contributed by atoms with Crippen molar-refractivity contribution >= 4 is 39.1 Å². The summed E-state index contributed by atoms with van der Waals surface area (Å²) in [6.45, 7) is 6.98. The molecule has 0 radical (unpaired) electrons. The number of likely N-dealkylation sites (N-methyl/N-ethyl adjacent to an activating group) is 1. The summed E-state index contributed by atoms with van der Waals surface area (Å²) in [7, 11) is 1.36. The van der Waals surface area contributed by atoms with Crippen LogP contribution >= 0.6 is 11.3 Å². The van der Waals surface area contributed by atoms with Gasteiger partial charge in [-0.3, -0.25) is 4.79 Å². The average Bonchev–Trinajstić information content (AvgIpc) is 3.24. The maximum atomic E-state index is 13.2. The first-order valence-electron chi connectivity index (χ1n) is 9.49. The van der Waals surface area contributed by atoms with E-state index in [2.05, 4.69) is 26.0 Å². The summed E-state index contributed by atoms with van der Waals surface area (Å²) in [6.07, 6.45) is 0.971. The van der Waals surface area contributed by atoms with Crippen molar-refractivity contribution in [2.75, 3.05) is 18.6 Å². The van der Waals surface area contributed by atoms with E-state index < -0.39 is 5.97 Å². The van der Waals surface area contributed by atoms with Crippen molar-refractivity contribution in [3.63, 3.8) is 0 Å². The number of carbonyl (C=O) groups is 2. The minimum absolute atomic E-state index is 0.0574. The Bertz CT molecular complexity index is 987. The lowest BCUT2D eigenvalue weighted by molar-refractivity contribution is -0.119. The summed E-state index contributed by atoms with van der Waals surface area (Å²) in [4.78, 5) is 27.1. The topological polar surface area (TPSA) is 51.5 Å². The molecule has 1 amide bonds. The molecule has 0 saturated heterocycles. The van der Waals surface area contributed by atoms with Gasteiger partial charge in [0.05, 0.1) is 17.3 Å². The maximum absolute atomic E-state index is 13.2. The number of hydrogen-bond donors (Lipinski definition) is 0. The zero-order valence-electron chi connectivity index (χ0n) is 16.8. The Morgan fingerprint density at radius 1 is 1.21 bits per heavy atom. The van der Waals surface area contributed by atoms with Crippen LogP contribution < -0.4 is 4.90 Å². The van der Waals surface area contributed by atoms with Crippen LogP contribution in [0.15, 0.2) is 41.8 Å². The Labute approximate surface area is 169 Å². The van der Waals surface area contributed by atoms with Gasteiger partial charge < -0.3 is 14.2 Å². The third kappa shape index (κ3) is 4.12. The van der Waals surface area contributed by atoms with Crippen molar-refractivity contribution in [3.8, 4) is 0 Å². The van der Waals surface area contributed by atoms with E-state index in [0.29, 0.717) is 18.2 Å². The van der Waals surface area contributed by atoms with Crippen LogP contribution in [0.1, 0.15) is 36.8 Å². The second-order valence-electron chi connectivity index (χ2n) is 7.18.